The van der Waals surface area contributed by atoms with Gasteiger partial charge in [-0.25, -0.2) is 4.98 Å². The molecule has 0 N–H and O–H groups in total. The maximum atomic E-state index is 5.65. The van der Waals surface area contributed by atoms with Gasteiger partial charge in [0.25, 0.3) is 0 Å². The third-order valence-corrected chi connectivity index (χ3v) is 3.06. The molecule has 0 amide bonds. The normalized spacial score (nSPS) is 10.2. The second-order valence-corrected chi connectivity index (χ2v) is 4.56. The SMILES string of the molecule is CSc1ccc(OCc2cnc(Cl)cn2)cc1. The molecule has 3 nitrogen and oxygen atoms in total. The molecule has 0 saturated heterocycles. The van der Waals surface area contributed by atoms with Crippen molar-refractivity contribution in [3.05, 3.63) is 47.5 Å². The second-order valence-electron chi connectivity index (χ2n) is 3.29. The van der Waals surface area contributed by atoms with Gasteiger partial charge in [-0.2, -0.15) is 0 Å². The summed E-state index contributed by atoms with van der Waals surface area (Å²) in [6.07, 6.45) is 5.16. The Morgan fingerprint density at radius 2 is 1.94 bits per heavy atom. The van der Waals surface area contributed by atoms with Gasteiger partial charge in [-0.1, -0.05) is 11.6 Å². The average Bonchev–Trinajstić information content (AvgIpc) is 2.39. The fourth-order valence-corrected chi connectivity index (χ4v) is 1.75. The largest absolute Gasteiger partial charge is 0.487 e. The molecule has 0 aliphatic rings. The minimum Gasteiger partial charge on any atom is -0.487 e. The maximum absolute atomic E-state index is 5.65. The number of halogens is 1. The average molecular weight is 267 g/mol. The summed E-state index contributed by atoms with van der Waals surface area (Å²) in [5.41, 5.74) is 0.753. The minimum atomic E-state index is 0.387. The van der Waals surface area contributed by atoms with Crippen LogP contribution >= 0.6 is 23.4 Å². The highest BCUT2D eigenvalue weighted by Crippen LogP contribution is 2.19. The zero-order valence-electron chi connectivity index (χ0n) is 9.26. The van der Waals surface area contributed by atoms with E-state index >= 15 is 0 Å². The van der Waals surface area contributed by atoms with Crippen LogP contribution < -0.4 is 4.74 Å². The van der Waals surface area contributed by atoms with Crippen LogP contribution in [0.5, 0.6) is 5.75 Å². The summed E-state index contributed by atoms with van der Waals surface area (Å²) < 4.78 is 5.58. The van der Waals surface area contributed by atoms with Gasteiger partial charge in [-0.15, -0.1) is 11.8 Å². The molecule has 0 fully saturated rings. The standard InChI is InChI=1S/C12H11ClN2OS/c1-17-11-4-2-10(3-5-11)16-8-9-6-15-12(13)7-14-9/h2-7H,8H2,1H3. The van der Waals surface area contributed by atoms with Crippen LogP contribution in [0.1, 0.15) is 5.69 Å². The van der Waals surface area contributed by atoms with Gasteiger partial charge in [-0.05, 0) is 30.5 Å². The van der Waals surface area contributed by atoms with Gasteiger partial charge in [0, 0.05) is 4.90 Å². The van der Waals surface area contributed by atoms with E-state index in [1.807, 2.05) is 30.5 Å². The molecule has 0 bridgehead atoms. The minimum absolute atomic E-state index is 0.387. The lowest BCUT2D eigenvalue weighted by Crippen LogP contribution is -1.98. The molecule has 1 aromatic heterocycles. The van der Waals surface area contributed by atoms with Crippen molar-refractivity contribution in [3.63, 3.8) is 0 Å². The number of hydrogen-bond acceptors (Lipinski definition) is 4. The smallest absolute Gasteiger partial charge is 0.147 e. The fraction of sp³-hybridized carbons (Fsp3) is 0.167. The van der Waals surface area contributed by atoms with Crippen molar-refractivity contribution in [1.29, 1.82) is 0 Å². The van der Waals surface area contributed by atoms with E-state index in [-0.39, 0.29) is 0 Å². The van der Waals surface area contributed by atoms with Gasteiger partial charge >= 0.3 is 0 Å². The highest BCUT2D eigenvalue weighted by atomic mass is 35.5. The first-order valence-electron chi connectivity index (χ1n) is 5.01. The van der Waals surface area contributed by atoms with Gasteiger partial charge in [0.2, 0.25) is 0 Å². The van der Waals surface area contributed by atoms with E-state index in [0.717, 1.165) is 11.4 Å². The van der Waals surface area contributed by atoms with E-state index in [4.69, 9.17) is 16.3 Å². The van der Waals surface area contributed by atoms with Crippen LogP contribution in [0.2, 0.25) is 5.15 Å². The Labute approximate surface area is 109 Å². The molecule has 88 valence electrons. The molecule has 0 unspecified atom stereocenters. The lowest BCUT2D eigenvalue weighted by atomic mass is 10.3. The van der Waals surface area contributed by atoms with Gasteiger partial charge in [-0.3, -0.25) is 4.98 Å². The highest BCUT2D eigenvalue weighted by molar-refractivity contribution is 7.98. The number of thioether (sulfide) groups is 1. The van der Waals surface area contributed by atoms with Crippen molar-refractivity contribution in [2.45, 2.75) is 11.5 Å². The molecule has 0 atom stereocenters. The van der Waals surface area contributed by atoms with Crippen LogP contribution in [0.4, 0.5) is 0 Å². The highest BCUT2D eigenvalue weighted by Gasteiger charge is 1.98. The summed E-state index contributed by atoms with van der Waals surface area (Å²) in [5, 5.41) is 0.387. The molecular weight excluding hydrogens is 256 g/mol. The first-order valence-corrected chi connectivity index (χ1v) is 6.61. The number of nitrogens with zero attached hydrogens (tertiary/aromatic N) is 2. The molecule has 1 heterocycles. The summed E-state index contributed by atoms with van der Waals surface area (Å²) >= 11 is 7.35. The molecule has 0 saturated carbocycles. The maximum Gasteiger partial charge on any atom is 0.147 e. The van der Waals surface area contributed by atoms with Gasteiger partial charge in [0.15, 0.2) is 0 Å². The lowest BCUT2D eigenvalue weighted by Gasteiger charge is -2.05. The summed E-state index contributed by atoms with van der Waals surface area (Å²) in [4.78, 5) is 9.25. The number of ether oxygens (including phenoxy) is 1. The molecule has 0 spiro atoms. The van der Waals surface area contributed by atoms with Crippen molar-refractivity contribution in [2.75, 3.05) is 6.26 Å². The van der Waals surface area contributed by atoms with Crippen LogP contribution in [0.3, 0.4) is 0 Å². The second kappa shape index (κ2) is 5.89. The molecule has 0 aliphatic carbocycles. The number of aromatic nitrogens is 2. The molecule has 0 radical (unpaired) electrons. The Morgan fingerprint density at radius 1 is 1.18 bits per heavy atom. The van der Waals surface area contributed by atoms with Crippen molar-refractivity contribution >= 4 is 23.4 Å². The summed E-state index contributed by atoms with van der Waals surface area (Å²) in [6.45, 7) is 0.392. The lowest BCUT2D eigenvalue weighted by molar-refractivity contribution is 0.300. The third kappa shape index (κ3) is 3.61. The Hall–Kier alpha value is -1.26. The zero-order valence-corrected chi connectivity index (χ0v) is 10.8. The van der Waals surface area contributed by atoms with Crippen LogP contribution in [-0.4, -0.2) is 16.2 Å². The van der Waals surface area contributed by atoms with E-state index in [0.29, 0.717) is 11.8 Å². The molecule has 17 heavy (non-hydrogen) atoms. The Morgan fingerprint density at radius 3 is 2.53 bits per heavy atom. The van der Waals surface area contributed by atoms with Crippen molar-refractivity contribution in [2.24, 2.45) is 0 Å². The summed E-state index contributed by atoms with van der Waals surface area (Å²) in [6, 6.07) is 7.92. The molecule has 1 aromatic carbocycles. The third-order valence-electron chi connectivity index (χ3n) is 2.12. The zero-order chi connectivity index (χ0) is 12.1. The first kappa shape index (κ1) is 12.2. The predicted octanol–water partition coefficient (Wildman–Crippen LogP) is 3.43. The quantitative estimate of drug-likeness (QED) is 0.794. The van der Waals surface area contributed by atoms with Crippen LogP contribution in [0.25, 0.3) is 0 Å². The molecule has 2 aromatic rings. The number of benzene rings is 1. The predicted molar refractivity (Wildman–Crippen MR) is 69.6 cm³/mol. The summed E-state index contributed by atoms with van der Waals surface area (Å²) in [7, 11) is 0. The van der Waals surface area contributed by atoms with E-state index in [9.17, 15) is 0 Å². The van der Waals surface area contributed by atoms with Gasteiger partial charge in [0.1, 0.15) is 17.5 Å². The fourth-order valence-electron chi connectivity index (χ4n) is 1.24. The van der Waals surface area contributed by atoms with Gasteiger partial charge < -0.3 is 4.74 Å². The van der Waals surface area contributed by atoms with E-state index < -0.39 is 0 Å². The van der Waals surface area contributed by atoms with Crippen LogP contribution in [0, 0.1) is 0 Å². The Bertz CT molecular complexity index is 473. The topological polar surface area (TPSA) is 35.0 Å². The molecule has 0 aliphatic heterocycles. The van der Waals surface area contributed by atoms with Crippen molar-refractivity contribution < 1.29 is 4.74 Å². The van der Waals surface area contributed by atoms with Crippen molar-refractivity contribution in [3.8, 4) is 5.75 Å². The first-order chi connectivity index (χ1) is 8.28. The van der Waals surface area contributed by atoms with Gasteiger partial charge in [0.05, 0.1) is 18.1 Å². The van der Waals surface area contributed by atoms with Crippen LogP contribution in [0.15, 0.2) is 41.6 Å². The molecular formula is C12H11ClN2OS. The van der Waals surface area contributed by atoms with Crippen LogP contribution in [-0.2, 0) is 6.61 Å². The number of hydrogen-bond donors (Lipinski definition) is 0. The van der Waals surface area contributed by atoms with Crippen molar-refractivity contribution in [1.82, 2.24) is 9.97 Å². The van der Waals surface area contributed by atoms with E-state index in [1.54, 1.807) is 18.0 Å². The van der Waals surface area contributed by atoms with E-state index in [1.165, 1.54) is 11.1 Å². The molecule has 5 heteroatoms. The number of rotatable bonds is 4. The monoisotopic (exact) mass is 266 g/mol. The summed E-state index contributed by atoms with van der Waals surface area (Å²) in [5.74, 6) is 0.819. The molecule has 2 rings (SSSR count). The Kier molecular flexibility index (Phi) is 4.23. The Balaban J connectivity index is 1.95. The van der Waals surface area contributed by atoms with E-state index in [2.05, 4.69) is 9.97 Å².